The Hall–Kier alpha value is -2.77. The zero-order valence-corrected chi connectivity index (χ0v) is 10.5. The molecule has 0 fully saturated rings. The Morgan fingerprint density at radius 2 is 2.35 bits per heavy atom. The molecule has 8 nitrogen and oxygen atoms in total. The monoisotopic (exact) mass is 278 g/mol. The molecule has 0 aromatic carbocycles. The molecular formula is C12H14N4O4. The number of amides is 2. The molecule has 106 valence electrons. The Kier molecular flexibility index (Phi) is 4.38. The fourth-order valence-electron chi connectivity index (χ4n) is 1.60. The van der Waals surface area contributed by atoms with Gasteiger partial charge in [-0.05, 0) is 6.07 Å². The van der Waals surface area contributed by atoms with Crippen molar-refractivity contribution in [3.63, 3.8) is 0 Å². The molecular weight excluding hydrogens is 264 g/mol. The van der Waals surface area contributed by atoms with Gasteiger partial charge in [-0.25, -0.2) is 14.6 Å². The van der Waals surface area contributed by atoms with Gasteiger partial charge < -0.3 is 25.1 Å². The van der Waals surface area contributed by atoms with E-state index in [2.05, 4.69) is 20.6 Å². The standard InChI is InChI=1S/C12H14N4O4/c17-11(18)10(3-9-5-13-7-15-9)16-12(19)14-4-8-1-2-20-6-8/h1-2,5-7,10H,3-4H2,(H,13,15)(H,17,18)(H2,14,16,19)/t10-/m1/s1. The van der Waals surface area contributed by atoms with Crippen molar-refractivity contribution in [3.8, 4) is 0 Å². The summed E-state index contributed by atoms with van der Waals surface area (Å²) in [5.41, 5.74) is 1.42. The van der Waals surface area contributed by atoms with Crippen LogP contribution in [-0.4, -0.2) is 33.1 Å². The molecule has 2 aromatic rings. The summed E-state index contributed by atoms with van der Waals surface area (Å²) < 4.78 is 4.86. The minimum Gasteiger partial charge on any atom is -0.480 e. The maximum Gasteiger partial charge on any atom is 0.326 e. The first kappa shape index (κ1) is 13.7. The number of nitrogens with one attached hydrogen (secondary N) is 3. The molecule has 0 radical (unpaired) electrons. The van der Waals surface area contributed by atoms with Crippen LogP contribution < -0.4 is 10.6 Å². The van der Waals surface area contributed by atoms with E-state index in [1.54, 1.807) is 6.07 Å². The van der Waals surface area contributed by atoms with Crippen molar-refractivity contribution >= 4 is 12.0 Å². The molecule has 4 N–H and O–H groups in total. The predicted octanol–water partition coefficient (Wildman–Crippen LogP) is 0.498. The van der Waals surface area contributed by atoms with Crippen LogP contribution in [0.2, 0.25) is 0 Å². The van der Waals surface area contributed by atoms with E-state index in [1.807, 2.05) is 0 Å². The van der Waals surface area contributed by atoms with E-state index in [9.17, 15) is 9.59 Å². The largest absolute Gasteiger partial charge is 0.480 e. The molecule has 0 spiro atoms. The first-order chi connectivity index (χ1) is 9.65. The summed E-state index contributed by atoms with van der Waals surface area (Å²) in [6.07, 6.45) is 6.09. The molecule has 2 aromatic heterocycles. The van der Waals surface area contributed by atoms with Gasteiger partial charge in [0.2, 0.25) is 0 Å². The van der Waals surface area contributed by atoms with E-state index < -0.39 is 18.0 Å². The van der Waals surface area contributed by atoms with Crippen LogP contribution in [0.3, 0.4) is 0 Å². The van der Waals surface area contributed by atoms with Crippen LogP contribution in [0.15, 0.2) is 35.5 Å². The summed E-state index contributed by atoms with van der Waals surface area (Å²) in [5.74, 6) is -1.11. The van der Waals surface area contributed by atoms with Crippen LogP contribution in [-0.2, 0) is 17.8 Å². The third kappa shape index (κ3) is 3.87. The number of aliphatic carboxylic acids is 1. The number of urea groups is 1. The van der Waals surface area contributed by atoms with Crippen LogP contribution in [0.5, 0.6) is 0 Å². The second kappa shape index (κ2) is 6.41. The highest BCUT2D eigenvalue weighted by Gasteiger charge is 2.20. The lowest BCUT2D eigenvalue weighted by Gasteiger charge is -2.14. The number of furan rings is 1. The summed E-state index contributed by atoms with van der Waals surface area (Å²) in [5, 5.41) is 14.0. The first-order valence-electron chi connectivity index (χ1n) is 5.90. The molecule has 2 heterocycles. The van der Waals surface area contributed by atoms with Gasteiger partial charge in [0.05, 0.1) is 18.9 Å². The number of carboxylic acids is 1. The molecule has 0 saturated heterocycles. The summed E-state index contributed by atoms with van der Waals surface area (Å²) in [6.45, 7) is 0.263. The van der Waals surface area contributed by atoms with Crippen LogP contribution in [0.25, 0.3) is 0 Å². The number of carboxylic acid groups (broad SMARTS) is 1. The average molecular weight is 278 g/mol. The molecule has 0 saturated carbocycles. The van der Waals surface area contributed by atoms with Crippen molar-refractivity contribution in [1.82, 2.24) is 20.6 Å². The molecule has 0 unspecified atom stereocenters. The van der Waals surface area contributed by atoms with Gasteiger partial charge in [0, 0.05) is 30.4 Å². The number of H-pyrrole nitrogens is 1. The number of carbonyl (C=O) groups excluding carboxylic acids is 1. The SMILES string of the molecule is O=C(NCc1ccoc1)N[C@H](Cc1cnc[nH]1)C(=O)O. The van der Waals surface area contributed by atoms with E-state index in [1.165, 1.54) is 25.1 Å². The summed E-state index contributed by atoms with van der Waals surface area (Å²) >= 11 is 0. The van der Waals surface area contributed by atoms with Crippen molar-refractivity contribution in [2.75, 3.05) is 0 Å². The number of aromatic nitrogens is 2. The Bertz CT molecular complexity index is 550. The number of nitrogens with zero attached hydrogens (tertiary/aromatic N) is 1. The molecule has 2 amide bonds. The maximum atomic E-state index is 11.6. The molecule has 8 heteroatoms. The van der Waals surface area contributed by atoms with Crippen LogP contribution in [0.1, 0.15) is 11.3 Å². The Balaban J connectivity index is 1.84. The lowest BCUT2D eigenvalue weighted by molar-refractivity contribution is -0.139. The minimum atomic E-state index is -1.11. The van der Waals surface area contributed by atoms with E-state index in [0.717, 1.165) is 5.56 Å². The lowest BCUT2D eigenvalue weighted by Crippen LogP contribution is -2.46. The highest BCUT2D eigenvalue weighted by molar-refractivity contribution is 5.82. The highest BCUT2D eigenvalue weighted by Crippen LogP contribution is 2.00. The highest BCUT2D eigenvalue weighted by atomic mass is 16.4. The number of carbonyl (C=O) groups is 2. The zero-order chi connectivity index (χ0) is 14.4. The van der Waals surface area contributed by atoms with Crippen LogP contribution in [0, 0.1) is 0 Å². The van der Waals surface area contributed by atoms with Gasteiger partial charge in [0.15, 0.2) is 0 Å². The van der Waals surface area contributed by atoms with Crippen molar-refractivity contribution in [2.45, 2.75) is 19.0 Å². The Labute approximate surface area is 114 Å². The third-order valence-corrected chi connectivity index (χ3v) is 2.62. The normalized spacial score (nSPS) is 11.8. The number of hydrogen-bond donors (Lipinski definition) is 4. The first-order valence-corrected chi connectivity index (χ1v) is 5.90. The fourth-order valence-corrected chi connectivity index (χ4v) is 1.60. The van der Waals surface area contributed by atoms with Crippen molar-refractivity contribution < 1.29 is 19.1 Å². The van der Waals surface area contributed by atoms with Gasteiger partial charge in [-0.2, -0.15) is 0 Å². The summed E-state index contributed by atoms with van der Waals surface area (Å²) in [7, 11) is 0. The fraction of sp³-hybridized carbons (Fsp3) is 0.250. The summed E-state index contributed by atoms with van der Waals surface area (Å²) in [4.78, 5) is 29.3. The maximum absolute atomic E-state index is 11.6. The number of rotatable bonds is 6. The molecule has 0 aliphatic heterocycles. The van der Waals surface area contributed by atoms with Crippen molar-refractivity contribution in [2.24, 2.45) is 0 Å². The Morgan fingerprint density at radius 1 is 1.50 bits per heavy atom. The van der Waals surface area contributed by atoms with Gasteiger partial charge in [-0.1, -0.05) is 0 Å². The van der Waals surface area contributed by atoms with Gasteiger partial charge in [0.1, 0.15) is 6.04 Å². The quantitative estimate of drug-likeness (QED) is 0.613. The predicted molar refractivity (Wildman–Crippen MR) is 67.8 cm³/mol. The Morgan fingerprint density at radius 3 is 2.95 bits per heavy atom. The zero-order valence-electron chi connectivity index (χ0n) is 10.5. The van der Waals surface area contributed by atoms with Crippen molar-refractivity contribution in [3.05, 3.63) is 42.4 Å². The third-order valence-electron chi connectivity index (χ3n) is 2.62. The molecule has 0 aliphatic rings. The number of hydrogen-bond acceptors (Lipinski definition) is 4. The van der Waals surface area contributed by atoms with E-state index in [0.29, 0.717) is 5.69 Å². The topological polar surface area (TPSA) is 120 Å². The van der Waals surface area contributed by atoms with E-state index in [-0.39, 0.29) is 13.0 Å². The van der Waals surface area contributed by atoms with Gasteiger partial charge in [0.25, 0.3) is 0 Å². The van der Waals surface area contributed by atoms with E-state index in [4.69, 9.17) is 9.52 Å². The van der Waals surface area contributed by atoms with Gasteiger partial charge in [-0.3, -0.25) is 0 Å². The number of imidazole rings is 1. The molecule has 1 atom stereocenters. The minimum absolute atomic E-state index is 0.133. The van der Waals surface area contributed by atoms with Crippen LogP contribution in [0.4, 0.5) is 4.79 Å². The number of aromatic amines is 1. The van der Waals surface area contributed by atoms with Gasteiger partial charge in [-0.15, -0.1) is 0 Å². The molecule has 20 heavy (non-hydrogen) atoms. The summed E-state index contributed by atoms with van der Waals surface area (Å²) in [6, 6.07) is 0.123. The molecule has 2 rings (SSSR count). The van der Waals surface area contributed by atoms with Crippen LogP contribution >= 0.6 is 0 Å². The second-order valence-electron chi connectivity index (χ2n) is 4.13. The smallest absolute Gasteiger partial charge is 0.326 e. The second-order valence-corrected chi connectivity index (χ2v) is 4.13. The van der Waals surface area contributed by atoms with Gasteiger partial charge >= 0.3 is 12.0 Å². The lowest BCUT2D eigenvalue weighted by atomic mass is 10.2. The average Bonchev–Trinajstić information content (AvgIpc) is 3.08. The van der Waals surface area contributed by atoms with E-state index >= 15 is 0 Å². The molecule has 0 bridgehead atoms. The van der Waals surface area contributed by atoms with Crippen molar-refractivity contribution in [1.29, 1.82) is 0 Å². The molecule has 0 aliphatic carbocycles.